The highest BCUT2D eigenvalue weighted by atomic mass is 16.5. The van der Waals surface area contributed by atoms with Gasteiger partial charge in [-0.2, -0.15) is 0 Å². The number of fused-ring (bicyclic) bond motifs is 3. The standard InChI is InChI=1S/C29H29N7O/c30-26-19-5-1-2-8-23(19)37-29(26)13-17-11-28(12-18(14-29)36(17)28)24-16-32-25-21(34-24)15-33-27(25)35-10-4-6-20-22(35)7-3-9-31-20/h1-3,5,7-9,16-18,26H,4,6,10-15,30H2/t17-,18+,26-,28?,29?/m1/s1. The average molecular weight is 492 g/mol. The smallest absolute Gasteiger partial charge is 0.156 e. The van der Waals surface area contributed by atoms with E-state index in [0.29, 0.717) is 18.6 Å². The summed E-state index contributed by atoms with van der Waals surface area (Å²) in [5, 5.41) is 0. The predicted molar refractivity (Wildman–Crippen MR) is 138 cm³/mol. The molecule has 2 aromatic heterocycles. The molecule has 1 spiro atoms. The number of benzene rings is 1. The maximum atomic E-state index is 6.79. The number of aryl methyl sites for hydroxylation is 1. The van der Waals surface area contributed by atoms with Crippen LogP contribution >= 0.6 is 0 Å². The van der Waals surface area contributed by atoms with Crippen LogP contribution in [-0.4, -0.2) is 49.9 Å². The summed E-state index contributed by atoms with van der Waals surface area (Å²) in [5.41, 5.74) is 13.1. The summed E-state index contributed by atoms with van der Waals surface area (Å²) < 4.78 is 6.59. The quantitative estimate of drug-likeness (QED) is 0.559. The molecule has 0 saturated carbocycles. The summed E-state index contributed by atoms with van der Waals surface area (Å²) in [6.07, 6.45) is 10.2. The summed E-state index contributed by atoms with van der Waals surface area (Å²) in [6, 6.07) is 13.4. The second-order valence-corrected chi connectivity index (χ2v) is 11.7. The summed E-state index contributed by atoms with van der Waals surface area (Å²) in [4.78, 5) is 24.7. The first-order valence-corrected chi connectivity index (χ1v) is 13.6. The van der Waals surface area contributed by atoms with Crippen LogP contribution in [0.25, 0.3) is 0 Å². The van der Waals surface area contributed by atoms with Crippen LogP contribution in [0, 0.1) is 0 Å². The van der Waals surface area contributed by atoms with Crippen molar-refractivity contribution in [3.05, 3.63) is 77.1 Å². The molecule has 0 aliphatic carbocycles. The van der Waals surface area contributed by atoms with Gasteiger partial charge >= 0.3 is 0 Å². The lowest BCUT2D eigenvalue weighted by Gasteiger charge is -2.74. The minimum Gasteiger partial charge on any atom is -0.485 e. The van der Waals surface area contributed by atoms with Crippen LogP contribution in [0.1, 0.15) is 66.5 Å². The molecule has 1 aromatic carbocycles. The van der Waals surface area contributed by atoms with Gasteiger partial charge in [0.1, 0.15) is 17.0 Å². The van der Waals surface area contributed by atoms with Crippen molar-refractivity contribution in [3.8, 4) is 5.75 Å². The lowest BCUT2D eigenvalue weighted by atomic mass is 9.55. The highest BCUT2D eigenvalue weighted by Gasteiger charge is 2.71. The number of piperidine rings is 2. The van der Waals surface area contributed by atoms with Crippen molar-refractivity contribution in [1.82, 2.24) is 19.9 Å². The molecular formula is C29H29N7O. The molecule has 186 valence electrons. The lowest BCUT2D eigenvalue weighted by Crippen LogP contribution is -2.81. The van der Waals surface area contributed by atoms with Crippen molar-refractivity contribution in [2.24, 2.45) is 10.7 Å². The zero-order valence-corrected chi connectivity index (χ0v) is 20.7. The van der Waals surface area contributed by atoms with Gasteiger partial charge in [-0.1, -0.05) is 18.2 Å². The minimum atomic E-state index is -0.270. The van der Waals surface area contributed by atoms with Gasteiger partial charge in [-0.25, -0.2) is 9.97 Å². The molecule has 3 aromatic rings. The molecule has 9 rings (SSSR count). The third-order valence-electron chi connectivity index (χ3n) is 9.84. The van der Waals surface area contributed by atoms with Crippen molar-refractivity contribution in [2.45, 2.75) is 74.3 Å². The normalized spacial score (nSPS) is 34.5. The number of nitrogens with two attached hydrogens (primary N) is 1. The molecule has 6 aliphatic rings. The Labute approximate surface area is 215 Å². The topological polar surface area (TPSA) is 92.8 Å². The van der Waals surface area contributed by atoms with Crippen LogP contribution < -0.4 is 15.4 Å². The molecule has 0 bridgehead atoms. The molecule has 6 aliphatic heterocycles. The van der Waals surface area contributed by atoms with Gasteiger partial charge in [0.05, 0.1) is 47.1 Å². The van der Waals surface area contributed by atoms with E-state index in [-0.39, 0.29) is 17.2 Å². The van der Waals surface area contributed by atoms with Gasteiger partial charge in [-0.15, -0.1) is 0 Å². The Bertz CT molecular complexity index is 1490. The number of hydrogen-bond acceptors (Lipinski definition) is 8. The predicted octanol–water partition coefficient (Wildman–Crippen LogP) is 3.25. The van der Waals surface area contributed by atoms with E-state index in [4.69, 9.17) is 25.4 Å². The van der Waals surface area contributed by atoms with Crippen LogP contribution in [0.2, 0.25) is 0 Å². The van der Waals surface area contributed by atoms with E-state index in [2.05, 4.69) is 39.0 Å². The Morgan fingerprint density at radius 1 is 0.973 bits per heavy atom. The van der Waals surface area contributed by atoms with Crippen LogP contribution in [0.3, 0.4) is 0 Å². The van der Waals surface area contributed by atoms with Crippen molar-refractivity contribution in [2.75, 3.05) is 11.4 Å². The summed E-state index contributed by atoms with van der Waals surface area (Å²) in [5.74, 6) is 1.92. The lowest BCUT2D eigenvalue weighted by molar-refractivity contribution is -0.259. The number of amidine groups is 1. The Balaban J connectivity index is 0.976. The minimum absolute atomic E-state index is 0.0267. The van der Waals surface area contributed by atoms with Crippen LogP contribution in [0.4, 0.5) is 5.69 Å². The summed E-state index contributed by atoms with van der Waals surface area (Å²) >= 11 is 0. The average Bonchev–Trinajstić information content (AvgIpc) is 3.44. The van der Waals surface area contributed by atoms with E-state index in [1.54, 1.807) is 0 Å². The molecule has 37 heavy (non-hydrogen) atoms. The fraction of sp³-hybridized carbons (Fsp3) is 0.448. The first-order chi connectivity index (χ1) is 18.2. The van der Waals surface area contributed by atoms with Gasteiger partial charge in [-0.3, -0.25) is 14.9 Å². The Morgan fingerprint density at radius 2 is 1.84 bits per heavy atom. The molecule has 0 amide bonds. The Morgan fingerprint density at radius 3 is 2.70 bits per heavy atom. The number of hydrogen-bond donors (Lipinski definition) is 1. The van der Waals surface area contributed by atoms with Crippen molar-refractivity contribution >= 4 is 11.5 Å². The third kappa shape index (κ3) is 2.55. The number of aliphatic imine (C=N–C) groups is 1. The molecule has 3 saturated heterocycles. The van der Waals surface area contributed by atoms with E-state index in [1.807, 2.05) is 24.5 Å². The van der Waals surface area contributed by atoms with E-state index in [0.717, 1.165) is 90.7 Å². The van der Waals surface area contributed by atoms with Crippen LogP contribution in [0.5, 0.6) is 5.75 Å². The monoisotopic (exact) mass is 491 g/mol. The van der Waals surface area contributed by atoms with Gasteiger partial charge < -0.3 is 15.4 Å². The number of nitrogens with zero attached hydrogens (tertiary/aromatic N) is 6. The third-order valence-corrected chi connectivity index (χ3v) is 9.84. The number of pyridine rings is 1. The fourth-order valence-corrected chi connectivity index (χ4v) is 8.34. The van der Waals surface area contributed by atoms with Crippen molar-refractivity contribution < 1.29 is 4.74 Å². The van der Waals surface area contributed by atoms with Crippen LogP contribution in [-0.2, 0) is 18.5 Å². The maximum absolute atomic E-state index is 6.79. The molecular weight excluding hydrogens is 462 g/mol. The van der Waals surface area contributed by atoms with Gasteiger partial charge in [0, 0.05) is 43.2 Å². The van der Waals surface area contributed by atoms with Crippen molar-refractivity contribution in [1.29, 1.82) is 0 Å². The Hall–Kier alpha value is -3.36. The molecule has 5 atom stereocenters. The fourth-order valence-electron chi connectivity index (χ4n) is 8.34. The molecule has 2 unspecified atom stereocenters. The zero-order valence-electron chi connectivity index (χ0n) is 20.7. The second kappa shape index (κ2) is 6.94. The first kappa shape index (κ1) is 20.7. The van der Waals surface area contributed by atoms with E-state index < -0.39 is 0 Å². The largest absolute Gasteiger partial charge is 0.485 e. The van der Waals surface area contributed by atoms with E-state index >= 15 is 0 Å². The van der Waals surface area contributed by atoms with Crippen LogP contribution in [0.15, 0.2) is 53.8 Å². The molecule has 2 N–H and O–H groups in total. The zero-order chi connectivity index (χ0) is 24.4. The Kier molecular flexibility index (Phi) is 3.87. The van der Waals surface area contributed by atoms with Gasteiger partial charge in [-0.05, 0) is 43.9 Å². The highest BCUT2D eigenvalue weighted by molar-refractivity contribution is 6.11. The number of para-hydroxylation sites is 1. The SMILES string of the molecule is N[C@@H]1c2ccccc2OC12C[C@@H]1CC3(c4cnc5c(n4)CN=C5N4CCCc5ncccc54)C[C@H](C2)N13. The van der Waals surface area contributed by atoms with Gasteiger partial charge in [0.2, 0.25) is 0 Å². The summed E-state index contributed by atoms with van der Waals surface area (Å²) in [6.45, 7) is 1.54. The maximum Gasteiger partial charge on any atom is 0.156 e. The molecule has 8 heterocycles. The highest BCUT2D eigenvalue weighted by Crippen LogP contribution is 2.65. The van der Waals surface area contributed by atoms with Gasteiger partial charge in [0.25, 0.3) is 0 Å². The second-order valence-electron chi connectivity index (χ2n) is 11.7. The van der Waals surface area contributed by atoms with Gasteiger partial charge in [0.15, 0.2) is 5.84 Å². The van der Waals surface area contributed by atoms with Crippen molar-refractivity contribution in [3.63, 3.8) is 0 Å². The number of anilines is 1. The molecule has 3 fully saturated rings. The molecule has 8 nitrogen and oxygen atoms in total. The first-order valence-electron chi connectivity index (χ1n) is 13.6. The number of aromatic nitrogens is 3. The van der Waals surface area contributed by atoms with E-state index in [9.17, 15) is 0 Å². The molecule has 8 heteroatoms. The van der Waals surface area contributed by atoms with E-state index in [1.165, 1.54) is 0 Å². The molecule has 0 radical (unpaired) electrons. The number of ether oxygens (including phenoxy) is 1. The number of rotatable bonds is 1. The summed E-state index contributed by atoms with van der Waals surface area (Å²) in [7, 11) is 0.